The summed E-state index contributed by atoms with van der Waals surface area (Å²) in [6.07, 6.45) is 4.45. The predicted molar refractivity (Wildman–Crippen MR) is 96.9 cm³/mol. The summed E-state index contributed by atoms with van der Waals surface area (Å²) in [6, 6.07) is 7.72. The third-order valence-corrected chi connectivity index (χ3v) is 4.58. The molecule has 1 unspecified atom stereocenters. The minimum absolute atomic E-state index is 0.0667. The number of piperidine rings is 1. The van der Waals surface area contributed by atoms with Crippen LogP contribution in [0.4, 0.5) is 4.79 Å². The van der Waals surface area contributed by atoms with Crippen molar-refractivity contribution in [3.05, 3.63) is 35.4 Å². The molecule has 1 saturated heterocycles. The molecule has 1 fully saturated rings. The van der Waals surface area contributed by atoms with Crippen molar-refractivity contribution >= 4 is 6.03 Å². The van der Waals surface area contributed by atoms with Crippen LogP contribution in [0.25, 0.3) is 0 Å². The van der Waals surface area contributed by atoms with E-state index in [0.717, 1.165) is 43.0 Å². The minimum atomic E-state index is -0.0889. The number of aliphatic hydroxyl groups excluding tert-OH is 1. The Hall–Kier alpha value is -1.59. The molecule has 134 valence electrons. The summed E-state index contributed by atoms with van der Waals surface area (Å²) in [5, 5.41) is 14.8. The van der Waals surface area contributed by atoms with E-state index in [1.54, 1.807) is 0 Å². The zero-order valence-electron chi connectivity index (χ0n) is 14.8. The van der Waals surface area contributed by atoms with Gasteiger partial charge in [0.2, 0.25) is 0 Å². The van der Waals surface area contributed by atoms with Crippen LogP contribution in [0.15, 0.2) is 24.3 Å². The summed E-state index contributed by atoms with van der Waals surface area (Å²) >= 11 is 0. The summed E-state index contributed by atoms with van der Waals surface area (Å²) in [6.45, 7) is 7.19. The lowest BCUT2D eigenvalue weighted by Gasteiger charge is -2.30. The van der Waals surface area contributed by atoms with Crippen molar-refractivity contribution in [3.63, 3.8) is 0 Å². The number of rotatable bonds is 8. The number of likely N-dealkylation sites (tertiary alicyclic amines) is 1. The average Bonchev–Trinajstić information content (AvgIpc) is 2.59. The predicted octanol–water partition coefficient (Wildman–Crippen LogP) is 2.14. The zero-order valence-corrected chi connectivity index (χ0v) is 14.8. The van der Waals surface area contributed by atoms with Gasteiger partial charge in [-0.3, -0.25) is 0 Å². The lowest BCUT2D eigenvalue weighted by Crippen LogP contribution is -2.39. The van der Waals surface area contributed by atoms with Crippen LogP contribution < -0.4 is 10.6 Å². The number of carbonyl (C=O) groups excluding carboxylic acids is 1. The Balaban J connectivity index is 1.51. The third kappa shape index (κ3) is 6.89. The van der Waals surface area contributed by atoms with E-state index in [4.69, 9.17) is 5.11 Å². The van der Waals surface area contributed by atoms with Gasteiger partial charge in [-0.15, -0.1) is 0 Å². The zero-order chi connectivity index (χ0) is 17.2. The molecule has 1 aliphatic rings. The fourth-order valence-corrected chi connectivity index (χ4v) is 3.19. The minimum Gasteiger partial charge on any atom is -0.392 e. The molecule has 1 heterocycles. The van der Waals surface area contributed by atoms with E-state index in [1.807, 2.05) is 24.3 Å². The highest BCUT2D eigenvalue weighted by Crippen LogP contribution is 2.15. The van der Waals surface area contributed by atoms with Gasteiger partial charge < -0.3 is 20.6 Å². The lowest BCUT2D eigenvalue weighted by atomic mass is 10.0. The van der Waals surface area contributed by atoms with E-state index in [2.05, 4.69) is 22.5 Å². The SMILES string of the molecule is CC1CCCN(CCCNC(=O)NCCc2ccc(CO)cc2)C1. The normalized spacial score (nSPS) is 18.3. The molecule has 0 aliphatic carbocycles. The van der Waals surface area contributed by atoms with Crippen molar-refractivity contribution < 1.29 is 9.90 Å². The van der Waals surface area contributed by atoms with Crippen molar-refractivity contribution in [1.82, 2.24) is 15.5 Å². The van der Waals surface area contributed by atoms with Gasteiger partial charge in [-0.25, -0.2) is 4.79 Å². The molecule has 2 rings (SSSR count). The molecule has 0 aromatic heterocycles. The van der Waals surface area contributed by atoms with E-state index in [0.29, 0.717) is 6.54 Å². The summed E-state index contributed by atoms with van der Waals surface area (Å²) in [7, 11) is 0. The fourth-order valence-electron chi connectivity index (χ4n) is 3.19. The summed E-state index contributed by atoms with van der Waals surface area (Å²) in [5.41, 5.74) is 2.07. The standard InChI is InChI=1S/C19H31N3O2/c1-16-4-2-12-22(14-16)13-3-10-20-19(24)21-11-9-17-5-7-18(15-23)8-6-17/h5-8,16,23H,2-4,9-15H2,1H3,(H2,20,21,24). The van der Waals surface area contributed by atoms with Gasteiger partial charge >= 0.3 is 6.03 Å². The summed E-state index contributed by atoms with van der Waals surface area (Å²) in [4.78, 5) is 14.3. The molecule has 1 aromatic carbocycles. The number of benzene rings is 1. The van der Waals surface area contributed by atoms with E-state index < -0.39 is 0 Å². The molecule has 5 nitrogen and oxygen atoms in total. The molecule has 5 heteroatoms. The number of amides is 2. The van der Waals surface area contributed by atoms with E-state index in [-0.39, 0.29) is 12.6 Å². The van der Waals surface area contributed by atoms with Crippen LogP contribution in [-0.2, 0) is 13.0 Å². The second-order valence-electron chi connectivity index (χ2n) is 6.81. The van der Waals surface area contributed by atoms with Gasteiger partial charge in [0.15, 0.2) is 0 Å². The van der Waals surface area contributed by atoms with Crippen LogP contribution in [0, 0.1) is 5.92 Å². The van der Waals surface area contributed by atoms with Crippen molar-refractivity contribution in [2.75, 3.05) is 32.7 Å². The first-order valence-corrected chi connectivity index (χ1v) is 9.10. The number of carbonyl (C=O) groups is 1. The Morgan fingerprint density at radius 1 is 1.21 bits per heavy atom. The number of aliphatic hydroxyl groups is 1. The molecule has 1 atom stereocenters. The van der Waals surface area contributed by atoms with Crippen molar-refractivity contribution in [2.24, 2.45) is 5.92 Å². The van der Waals surface area contributed by atoms with Gasteiger partial charge in [-0.05, 0) is 55.8 Å². The van der Waals surface area contributed by atoms with Gasteiger partial charge in [-0.2, -0.15) is 0 Å². The largest absolute Gasteiger partial charge is 0.392 e. The Bertz CT molecular complexity index is 490. The number of nitrogens with one attached hydrogen (secondary N) is 2. The summed E-state index contributed by atoms with van der Waals surface area (Å²) < 4.78 is 0. The van der Waals surface area contributed by atoms with E-state index >= 15 is 0 Å². The van der Waals surface area contributed by atoms with Crippen molar-refractivity contribution in [2.45, 2.75) is 39.2 Å². The molecular weight excluding hydrogens is 302 g/mol. The first-order chi connectivity index (χ1) is 11.7. The molecule has 0 saturated carbocycles. The summed E-state index contributed by atoms with van der Waals surface area (Å²) in [5.74, 6) is 0.807. The van der Waals surface area contributed by atoms with Crippen LogP contribution in [0.5, 0.6) is 0 Å². The number of nitrogens with zero attached hydrogens (tertiary/aromatic N) is 1. The highest BCUT2D eigenvalue weighted by molar-refractivity contribution is 5.73. The van der Waals surface area contributed by atoms with Gasteiger partial charge in [0.1, 0.15) is 0 Å². The first-order valence-electron chi connectivity index (χ1n) is 9.10. The van der Waals surface area contributed by atoms with Crippen LogP contribution in [0.3, 0.4) is 0 Å². The maximum atomic E-state index is 11.8. The molecule has 0 radical (unpaired) electrons. The number of hydrogen-bond donors (Lipinski definition) is 3. The Labute approximate surface area is 145 Å². The topological polar surface area (TPSA) is 64.6 Å². The molecule has 3 N–H and O–H groups in total. The van der Waals surface area contributed by atoms with Gasteiger partial charge in [-0.1, -0.05) is 31.2 Å². The number of urea groups is 1. The van der Waals surface area contributed by atoms with Crippen molar-refractivity contribution in [1.29, 1.82) is 0 Å². The van der Waals surface area contributed by atoms with Crippen LogP contribution in [0.2, 0.25) is 0 Å². The average molecular weight is 333 g/mol. The highest BCUT2D eigenvalue weighted by Gasteiger charge is 2.15. The molecule has 1 aliphatic heterocycles. The van der Waals surface area contributed by atoms with E-state index in [9.17, 15) is 4.79 Å². The van der Waals surface area contributed by atoms with Gasteiger partial charge in [0.25, 0.3) is 0 Å². The smallest absolute Gasteiger partial charge is 0.314 e. The second-order valence-corrected chi connectivity index (χ2v) is 6.81. The molecule has 0 spiro atoms. The third-order valence-electron chi connectivity index (χ3n) is 4.58. The second kappa shape index (κ2) is 10.3. The molecule has 24 heavy (non-hydrogen) atoms. The lowest BCUT2D eigenvalue weighted by molar-refractivity contribution is 0.181. The first kappa shape index (κ1) is 18.7. The monoisotopic (exact) mass is 333 g/mol. The number of hydrogen-bond acceptors (Lipinski definition) is 3. The molecule has 2 amide bonds. The Morgan fingerprint density at radius 2 is 1.92 bits per heavy atom. The van der Waals surface area contributed by atoms with Crippen LogP contribution in [-0.4, -0.2) is 48.8 Å². The van der Waals surface area contributed by atoms with Crippen molar-refractivity contribution in [3.8, 4) is 0 Å². The van der Waals surface area contributed by atoms with Crippen LogP contribution in [0.1, 0.15) is 37.3 Å². The van der Waals surface area contributed by atoms with Gasteiger partial charge in [0, 0.05) is 19.6 Å². The highest BCUT2D eigenvalue weighted by atomic mass is 16.3. The van der Waals surface area contributed by atoms with Gasteiger partial charge in [0.05, 0.1) is 6.61 Å². The molecule has 1 aromatic rings. The van der Waals surface area contributed by atoms with Crippen LogP contribution >= 0.6 is 0 Å². The van der Waals surface area contributed by atoms with E-state index in [1.165, 1.54) is 25.9 Å². The maximum absolute atomic E-state index is 11.8. The quantitative estimate of drug-likeness (QED) is 0.639. The fraction of sp³-hybridized carbons (Fsp3) is 0.632. The Kier molecular flexibility index (Phi) is 8.05. The molecule has 0 bridgehead atoms. The molecular formula is C19H31N3O2. The maximum Gasteiger partial charge on any atom is 0.314 e. The Morgan fingerprint density at radius 3 is 2.62 bits per heavy atom.